The van der Waals surface area contributed by atoms with Gasteiger partial charge in [0.25, 0.3) is 0 Å². The zero-order valence-electron chi connectivity index (χ0n) is 14.6. The predicted octanol–water partition coefficient (Wildman–Crippen LogP) is 0.304. The Morgan fingerprint density at radius 3 is 2.42 bits per heavy atom. The second kappa shape index (κ2) is 10.8. The molecule has 3 aliphatic rings. The van der Waals surface area contributed by atoms with Crippen molar-refractivity contribution >= 4 is 30.7 Å². The third-order valence-electron chi connectivity index (χ3n) is 5.27. The first-order chi connectivity index (χ1) is 10.7. The fourth-order valence-electron chi connectivity index (χ4n) is 3.94. The van der Waals surface area contributed by atoms with Gasteiger partial charge in [-0.1, -0.05) is 6.92 Å². The van der Waals surface area contributed by atoms with E-state index in [2.05, 4.69) is 22.0 Å². The van der Waals surface area contributed by atoms with Gasteiger partial charge in [0.2, 0.25) is 5.91 Å². The SMILES string of the molecule is CC1CN(CCC(=O)N2CCNCC2)CC1N1CCOCC1.Cl.Cl. The summed E-state index contributed by atoms with van der Waals surface area (Å²) in [6.07, 6.45) is 0.669. The van der Waals surface area contributed by atoms with Crippen LogP contribution in [0, 0.1) is 5.92 Å². The lowest BCUT2D eigenvalue weighted by Crippen LogP contribution is -2.47. The van der Waals surface area contributed by atoms with Crippen molar-refractivity contribution in [1.82, 2.24) is 20.0 Å². The predicted molar refractivity (Wildman–Crippen MR) is 100 cm³/mol. The molecule has 0 saturated carbocycles. The number of nitrogens with one attached hydrogen (secondary N) is 1. The van der Waals surface area contributed by atoms with Gasteiger partial charge in [0.1, 0.15) is 0 Å². The van der Waals surface area contributed by atoms with Gasteiger partial charge >= 0.3 is 0 Å². The first kappa shape index (κ1) is 21.9. The molecule has 0 aromatic heterocycles. The first-order valence-corrected chi connectivity index (χ1v) is 8.76. The van der Waals surface area contributed by atoms with E-state index in [1.54, 1.807) is 0 Å². The molecule has 3 saturated heterocycles. The number of carbonyl (C=O) groups excluding carboxylic acids is 1. The summed E-state index contributed by atoms with van der Waals surface area (Å²) in [7, 11) is 0. The Hall–Kier alpha value is -0.110. The number of amides is 1. The Kier molecular flexibility index (Phi) is 9.86. The molecule has 1 amide bonds. The normalized spacial score (nSPS) is 29.0. The highest BCUT2D eigenvalue weighted by Crippen LogP contribution is 2.22. The van der Waals surface area contributed by atoms with E-state index < -0.39 is 0 Å². The Bertz CT molecular complexity index is 377. The van der Waals surface area contributed by atoms with Crippen LogP contribution >= 0.6 is 24.8 Å². The number of halogens is 2. The number of rotatable bonds is 4. The first-order valence-electron chi connectivity index (χ1n) is 8.76. The fourth-order valence-corrected chi connectivity index (χ4v) is 3.94. The summed E-state index contributed by atoms with van der Waals surface area (Å²) in [4.78, 5) is 19.3. The standard InChI is InChI=1S/C16H30N4O2.2ClH/c1-14-12-18(13-15(14)19-8-10-22-11-9-19)5-2-16(21)20-6-3-17-4-7-20;;/h14-15,17H,2-13H2,1H3;2*1H. The van der Waals surface area contributed by atoms with Crippen LogP contribution in [-0.2, 0) is 9.53 Å². The third kappa shape index (κ3) is 5.71. The second-order valence-electron chi connectivity index (χ2n) is 6.83. The maximum atomic E-state index is 12.3. The largest absolute Gasteiger partial charge is 0.379 e. The highest BCUT2D eigenvalue weighted by Gasteiger charge is 2.34. The summed E-state index contributed by atoms with van der Waals surface area (Å²) in [5.74, 6) is 1.01. The van der Waals surface area contributed by atoms with Gasteiger partial charge in [-0.3, -0.25) is 9.69 Å². The Balaban J connectivity index is 0.00000144. The Labute approximate surface area is 158 Å². The van der Waals surface area contributed by atoms with Crippen molar-refractivity contribution in [2.45, 2.75) is 19.4 Å². The number of nitrogens with zero attached hydrogens (tertiary/aromatic N) is 3. The lowest BCUT2D eigenvalue weighted by Gasteiger charge is -2.34. The Morgan fingerprint density at radius 2 is 1.75 bits per heavy atom. The van der Waals surface area contributed by atoms with Gasteiger partial charge in [0.05, 0.1) is 13.2 Å². The number of hydrogen-bond donors (Lipinski definition) is 1. The number of piperazine rings is 1. The van der Waals surface area contributed by atoms with Crippen LogP contribution in [-0.4, -0.2) is 98.8 Å². The van der Waals surface area contributed by atoms with Gasteiger partial charge in [-0.25, -0.2) is 0 Å². The van der Waals surface area contributed by atoms with E-state index in [4.69, 9.17) is 4.74 Å². The molecule has 0 aliphatic carbocycles. The molecule has 0 radical (unpaired) electrons. The van der Waals surface area contributed by atoms with Crippen LogP contribution in [0.15, 0.2) is 0 Å². The third-order valence-corrected chi connectivity index (χ3v) is 5.27. The average molecular weight is 383 g/mol. The fraction of sp³-hybridized carbons (Fsp3) is 0.938. The molecule has 1 N–H and O–H groups in total. The summed E-state index contributed by atoms with van der Waals surface area (Å²) in [6.45, 7) is 12.9. The van der Waals surface area contributed by atoms with Crippen LogP contribution in [0.25, 0.3) is 0 Å². The molecular weight excluding hydrogens is 351 g/mol. The van der Waals surface area contributed by atoms with E-state index in [1.165, 1.54) is 0 Å². The number of morpholine rings is 1. The van der Waals surface area contributed by atoms with Crippen LogP contribution in [0.3, 0.4) is 0 Å². The zero-order chi connectivity index (χ0) is 15.4. The van der Waals surface area contributed by atoms with Crippen molar-refractivity contribution in [2.75, 3.05) is 72.1 Å². The minimum absolute atomic E-state index is 0. The Morgan fingerprint density at radius 1 is 1.08 bits per heavy atom. The van der Waals surface area contributed by atoms with Crippen LogP contribution in [0.4, 0.5) is 0 Å². The molecule has 3 rings (SSSR count). The summed E-state index contributed by atoms with van der Waals surface area (Å²) in [5.41, 5.74) is 0. The molecule has 0 aromatic rings. The van der Waals surface area contributed by atoms with Crippen molar-refractivity contribution in [3.63, 3.8) is 0 Å². The maximum absolute atomic E-state index is 12.3. The lowest BCUT2D eigenvalue weighted by atomic mass is 10.0. The second-order valence-corrected chi connectivity index (χ2v) is 6.83. The molecule has 24 heavy (non-hydrogen) atoms. The summed E-state index contributed by atoms with van der Waals surface area (Å²) >= 11 is 0. The molecule has 0 spiro atoms. The molecule has 3 aliphatic heterocycles. The number of carbonyl (C=O) groups is 1. The van der Waals surface area contributed by atoms with Gasteiger partial charge in [-0.2, -0.15) is 0 Å². The minimum atomic E-state index is 0. The van der Waals surface area contributed by atoms with Crippen LogP contribution in [0.1, 0.15) is 13.3 Å². The summed E-state index contributed by atoms with van der Waals surface area (Å²) in [5, 5.41) is 3.29. The van der Waals surface area contributed by atoms with E-state index in [0.29, 0.717) is 24.3 Å². The highest BCUT2D eigenvalue weighted by atomic mass is 35.5. The van der Waals surface area contributed by atoms with E-state index in [-0.39, 0.29) is 24.8 Å². The minimum Gasteiger partial charge on any atom is -0.379 e. The lowest BCUT2D eigenvalue weighted by molar-refractivity contribution is -0.132. The van der Waals surface area contributed by atoms with Crippen molar-refractivity contribution in [3.8, 4) is 0 Å². The van der Waals surface area contributed by atoms with Gasteiger partial charge in [-0.05, 0) is 5.92 Å². The zero-order valence-corrected chi connectivity index (χ0v) is 16.2. The van der Waals surface area contributed by atoms with E-state index in [9.17, 15) is 4.79 Å². The average Bonchev–Trinajstić information content (AvgIpc) is 2.95. The maximum Gasteiger partial charge on any atom is 0.223 e. The van der Waals surface area contributed by atoms with Crippen molar-refractivity contribution in [1.29, 1.82) is 0 Å². The molecule has 3 heterocycles. The summed E-state index contributed by atoms with van der Waals surface area (Å²) in [6, 6.07) is 0.637. The molecule has 2 atom stereocenters. The monoisotopic (exact) mass is 382 g/mol. The molecule has 142 valence electrons. The van der Waals surface area contributed by atoms with Gasteiger partial charge in [-0.15, -0.1) is 24.8 Å². The van der Waals surface area contributed by atoms with Crippen molar-refractivity contribution in [3.05, 3.63) is 0 Å². The molecule has 6 nitrogen and oxygen atoms in total. The van der Waals surface area contributed by atoms with E-state index >= 15 is 0 Å². The van der Waals surface area contributed by atoms with Gasteiger partial charge in [0.15, 0.2) is 0 Å². The molecule has 3 fully saturated rings. The van der Waals surface area contributed by atoms with Crippen molar-refractivity contribution < 1.29 is 9.53 Å². The van der Waals surface area contributed by atoms with Crippen LogP contribution < -0.4 is 5.32 Å². The quantitative estimate of drug-likeness (QED) is 0.757. The molecule has 0 aromatic carbocycles. The van der Waals surface area contributed by atoms with Gasteiger partial charge < -0.3 is 19.9 Å². The topological polar surface area (TPSA) is 48.1 Å². The van der Waals surface area contributed by atoms with Crippen molar-refractivity contribution in [2.24, 2.45) is 5.92 Å². The molecular formula is C16H32Cl2N4O2. The smallest absolute Gasteiger partial charge is 0.223 e. The molecule has 2 unspecified atom stereocenters. The van der Waals surface area contributed by atoms with Gasteiger partial charge in [0, 0.05) is 71.4 Å². The highest BCUT2D eigenvalue weighted by molar-refractivity contribution is 5.85. The number of ether oxygens (including phenoxy) is 1. The molecule has 8 heteroatoms. The van der Waals surface area contributed by atoms with E-state index in [1.807, 2.05) is 4.90 Å². The number of likely N-dealkylation sites (tertiary alicyclic amines) is 1. The summed E-state index contributed by atoms with van der Waals surface area (Å²) < 4.78 is 5.46. The van der Waals surface area contributed by atoms with Crippen LogP contribution in [0.5, 0.6) is 0 Å². The van der Waals surface area contributed by atoms with Crippen LogP contribution in [0.2, 0.25) is 0 Å². The molecule has 0 bridgehead atoms. The number of hydrogen-bond acceptors (Lipinski definition) is 5. The van der Waals surface area contributed by atoms with E-state index in [0.717, 1.165) is 72.1 Å².